The van der Waals surface area contributed by atoms with Crippen molar-refractivity contribution in [1.29, 1.82) is 0 Å². The Morgan fingerprint density at radius 3 is 2.18 bits per heavy atom. The molecule has 0 fully saturated rings. The SMILES string of the molecule is Cc1ccc(NC(=O)OCC2c3ccccc3-c3ccccc32)c(C(=O)N[C@H](CO)C(=O)O)c1. The van der Waals surface area contributed by atoms with Crippen LogP contribution in [0.2, 0.25) is 0 Å². The Balaban J connectivity index is 1.48. The highest BCUT2D eigenvalue weighted by molar-refractivity contribution is 6.04. The van der Waals surface area contributed by atoms with Crippen LogP contribution in [0.1, 0.15) is 33.0 Å². The van der Waals surface area contributed by atoms with Crippen LogP contribution in [-0.4, -0.2) is 47.4 Å². The smallest absolute Gasteiger partial charge is 0.411 e. The summed E-state index contributed by atoms with van der Waals surface area (Å²) < 4.78 is 5.53. The number of carbonyl (C=O) groups excluding carboxylic acids is 2. The number of nitrogens with one attached hydrogen (secondary N) is 2. The van der Waals surface area contributed by atoms with E-state index in [9.17, 15) is 19.5 Å². The normalized spacial score (nSPS) is 12.9. The van der Waals surface area contributed by atoms with Crippen molar-refractivity contribution in [3.05, 3.63) is 89.0 Å². The second-order valence-electron chi connectivity index (χ2n) is 8.05. The lowest BCUT2D eigenvalue weighted by atomic mass is 9.98. The van der Waals surface area contributed by atoms with Crippen LogP contribution in [0, 0.1) is 6.92 Å². The van der Waals surface area contributed by atoms with E-state index in [2.05, 4.69) is 10.6 Å². The molecule has 0 bridgehead atoms. The van der Waals surface area contributed by atoms with Gasteiger partial charge in [-0.2, -0.15) is 0 Å². The van der Waals surface area contributed by atoms with Crippen molar-refractivity contribution < 1.29 is 29.3 Å². The van der Waals surface area contributed by atoms with Crippen LogP contribution in [0.4, 0.5) is 10.5 Å². The molecule has 34 heavy (non-hydrogen) atoms. The first-order valence-electron chi connectivity index (χ1n) is 10.8. The highest BCUT2D eigenvalue weighted by Crippen LogP contribution is 2.44. The number of anilines is 1. The third-order valence-electron chi connectivity index (χ3n) is 5.79. The number of hydrogen-bond acceptors (Lipinski definition) is 5. The summed E-state index contributed by atoms with van der Waals surface area (Å²) in [7, 11) is 0. The third kappa shape index (κ3) is 4.62. The number of carboxylic acids is 1. The molecule has 3 aromatic rings. The van der Waals surface area contributed by atoms with Gasteiger partial charge in [0.05, 0.1) is 17.9 Å². The molecule has 0 radical (unpaired) electrons. The molecule has 0 aromatic heterocycles. The van der Waals surface area contributed by atoms with Gasteiger partial charge < -0.3 is 20.3 Å². The van der Waals surface area contributed by atoms with Gasteiger partial charge in [-0.1, -0.05) is 60.2 Å². The van der Waals surface area contributed by atoms with Crippen LogP contribution < -0.4 is 10.6 Å². The van der Waals surface area contributed by atoms with Gasteiger partial charge in [0.25, 0.3) is 5.91 Å². The zero-order valence-corrected chi connectivity index (χ0v) is 18.4. The number of fused-ring (bicyclic) bond motifs is 3. The first-order chi connectivity index (χ1) is 16.4. The van der Waals surface area contributed by atoms with E-state index < -0.39 is 30.6 Å². The number of carbonyl (C=O) groups is 3. The summed E-state index contributed by atoms with van der Waals surface area (Å²) in [5, 5.41) is 23.1. The minimum atomic E-state index is -1.46. The molecule has 8 heteroatoms. The van der Waals surface area contributed by atoms with E-state index in [-0.39, 0.29) is 23.8 Å². The van der Waals surface area contributed by atoms with Crippen LogP contribution in [0.5, 0.6) is 0 Å². The largest absolute Gasteiger partial charge is 0.480 e. The Kier molecular flexibility index (Phi) is 6.60. The summed E-state index contributed by atoms with van der Waals surface area (Å²) in [4.78, 5) is 36.4. The second kappa shape index (κ2) is 9.76. The number of aryl methyl sites for hydroxylation is 1. The average Bonchev–Trinajstić information content (AvgIpc) is 3.15. The number of aliphatic carboxylic acids is 1. The van der Waals surface area contributed by atoms with Crippen molar-refractivity contribution in [2.24, 2.45) is 0 Å². The van der Waals surface area contributed by atoms with E-state index in [1.165, 1.54) is 6.07 Å². The summed E-state index contributed by atoms with van der Waals surface area (Å²) in [6.45, 7) is 1.11. The Bertz CT molecular complexity index is 1210. The fraction of sp³-hybridized carbons (Fsp3) is 0.192. The van der Waals surface area contributed by atoms with Crippen LogP contribution in [0.25, 0.3) is 11.1 Å². The molecule has 3 aromatic carbocycles. The van der Waals surface area contributed by atoms with Gasteiger partial charge in [0, 0.05) is 5.92 Å². The van der Waals surface area contributed by atoms with Gasteiger partial charge in [-0.3, -0.25) is 10.1 Å². The quantitative estimate of drug-likeness (QED) is 0.428. The lowest BCUT2D eigenvalue weighted by molar-refractivity contribution is -0.140. The van der Waals surface area contributed by atoms with Crippen LogP contribution in [-0.2, 0) is 9.53 Å². The number of aliphatic hydroxyl groups is 1. The molecule has 1 aliphatic carbocycles. The van der Waals surface area contributed by atoms with Gasteiger partial charge in [0.1, 0.15) is 6.61 Å². The molecule has 1 aliphatic rings. The topological polar surface area (TPSA) is 125 Å². The average molecular weight is 460 g/mol. The fourth-order valence-corrected chi connectivity index (χ4v) is 4.12. The summed E-state index contributed by atoms with van der Waals surface area (Å²) in [5.41, 5.74) is 5.35. The zero-order valence-electron chi connectivity index (χ0n) is 18.4. The van der Waals surface area contributed by atoms with Gasteiger partial charge in [-0.05, 0) is 41.3 Å². The number of rotatable bonds is 7. The second-order valence-corrected chi connectivity index (χ2v) is 8.05. The van der Waals surface area contributed by atoms with Gasteiger partial charge in [-0.25, -0.2) is 9.59 Å². The fourth-order valence-electron chi connectivity index (χ4n) is 4.12. The third-order valence-corrected chi connectivity index (χ3v) is 5.79. The molecule has 8 nitrogen and oxygen atoms in total. The molecule has 1 atom stereocenters. The van der Waals surface area contributed by atoms with E-state index in [4.69, 9.17) is 9.84 Å². The predicted molar refractivity (Wildman–Crippen MR) is 126 cm³/mol. The van der Waals surface area contributed by atoms with Gasteiger partial charge in [0.15, 0.2) is 6.04 Å². The molecule has 0 spiro atoms. The highest BCUT2D eigenvalue weighted by atomic mass is 16.5. The summed E-state index contributed by atoms with van der Waals surface area (Å²) in [6, 6.07) is 19.3. The van der Waals surface area contributed by atoms with E-state index in [0.29, 0.717) is 0 Å². The Morgan fingerprint density at radius 2 is 1.59 bits per heavy atom. The number of carboxylic acid groups (broad SMARTS) is 1. The lowest BCUT2D eigenvalue weighted by Crippen LogP contribution is -2.43. The van der Waals surface area contributed by atoms with E-state index >= 15 is 0 Å². The molecule has 0 unspecified atom stereocenters. The first kappa shape index (κ1) is 23.0. The number of benzene rings is 3. The Morgan fingerprint density at radius 1 is 0.971 bits per heavy atom. The standard InChI is InChI=1S/C26H24N2O6/c1-15-10-11-22(20(12-15)24(30)27-23(13-29)25(31)32)28-26(33)34-14-21-18-8-4-2-6-16(18)17-7-3-5-9-19(17)21/h2-12,21,23,29H,13-14H2,1H3,(H,27,30)(H,28,33)(H,31,32)/t23-/m1/s1. The van der Waals surface area contributed by atoms with E-state index in [1.54, 1.807) is 19.1 Å². The zero-order chi connectivity index (χ0) is 24.2. The van der Waals surface area contributed by atoms with Gasteiger partial charge >= 0.3 is 12.1 Å². The van der Waals surface area contributed by atoms with Crippen molar-refractivity contribution in [2.75, 3.05) is 18.5 Å². The molecule has 0 saturated heterocycles. The number of ether oxygens (including phenoxy) is 1. The monoisotopic (exact) mass is 460 g/mol. The maximum absolute atomic E-state index is 12.6. The number of hydrogen-bond donors (Lipinski definition) is 4. The van der Waals surface area contributed by atoms with Gasteiger partial charge in [0.2, 0.25) is 0 Å². The lowest BCUT2D eigenvalue weighted by Gasteiger charge is -2.17. The van der Waals surface area contributed by atoms with Gasteiger partial charge in [-0.15, -0.1) is 0 Å². The summed E-state index contributed by atoms with van der Waals surface area (Å²) in [5.74, 6) is -2.21. The van der Waals surface area contributed by atoms with Crippen molar-refractivity contribution in [2.45, 2.75) is 18.9 Å². The van der Waals surface area contributed by atoms with Crippen LogP contribution in [0.3, 0.4) is 0 Å². The highest BCUT2D eigenvalue weighted by Gasteiger charge is 2.29. The minimum absolute atomic E-state index is 0.0632. The number of amides is 2. The van der Waals surface area contributed by atoms with Crippen molar-refractivity contribution >= 4 is 23.7 Å². The summed E-state index contributed by atoms with van der Waals surface area (Å²) in [6.07, 6.45) is -0.739. The van der Waals surface area contributed by atoms with E-state index in [0.717, 1.165) is 27.8 Å². The molecule has 2 amide bonds. The molecule has 0 aliphatic heterocycles. The van der Waals surface area contributed by atoms with Crippen molar-refractivity contribution in [3.63, 3.8) is 0 Å². The Hall–Kier alpha value is -4.17. The Labute approximate surface area is 196 Å². The molecule has 0 heterocycles. The first-order valence-corrected chi connectivity index (χ1v) is 10.8. The molecule has 0 saturated carbocycles. The molecular weight excluding hydrogens is 436 g/mol. The van der Waals surface area contributed by atoms with E-state index in [1.807, 2.05) is 48.5 Å². The summed E-state index contributed by atoms with van der Waals surface area (Å²) >= 11 is 0. The minimum Gasteiger partial charge on any atom is -0.480 e. The number of aliphatic hydroxyl groups excluding tert-OH is 1. The van der Waals surface area contributed by atoms with Crippen LogP contribution >= 0.6 is 0 Å². The molecule has 4 N–H and O–H groups in total. The van der Waals surface area contributed by atoms with Crippen LogP contribution in [0.15, 0.2) is 66.7 Å². The molecular formula is C26H24N2O6. The predicted octanol–water partition coefficient (Wildman–Crippen LogP) is 3.53. The maximum Gasteiger partial charge on any atom is 0.411 e. The molecule has 174 valence electrons. The van der Waals surface area contributed by atoms with Crippen molar-refractivity contribution in [1.82, 2.24) is 5.32 Å². The molecule has 4 rings (SSSR count). The van der Waals surface area contributed by atoms with Crippen molar-refractivity contribution in [3.8, 4) is 11.1 Å². The maximum atomic E-state index is 12.6.